The molecule has 1 N–H and O–H groups in total. The molecule has 3 heterocycles. The van der Waals surface area contributed by atoms with Gasteiger partial charge in [0.2, 0.25) is 0 Å². The lowest BCUT2D eigenvalue weighted by molar-refractivity contribution is -0.123. The van der Waals surface area contributed by atoms with Gasteiger partial charge in [-0.15, -0.1) is 0 Å². The molecular formula is C25H34N3O2P. The minimum atomic E-state index is 0.0102. The van der Waals surface area contributed by atoms with Crippen LogP contribution in [0.4, 0.5) is 0 Å². The predicted octanol–water partition coefficient (Wildman–Crippen LogP) is 5.09. The zero-order valence-electron chi connectivity index (χ0n) is 19.2. The number of ether oxygens (including phenoxy) is 1. The predicted molar refractivity (Wildman–Crippen MR) is 132 cm³/mol. The van der Waals surface area contributed by atoms with Crippen molar-refractivity contribution in [1.82, 2.24) is 10.2 Å². The number of fused-ring (bicyclic) bond motifs is 1. The van der Waals surface area contributed by atoms with Gasteiger partial charge in [0.1, 0.15) is 5.75 Å². The highest BCUT2D eigenvalue weighted by Crippen LogP contribution is 2.44. The number of amides is 1. The van der Waals surface area contributed by atoms with Crippen molar-refractivity contribution in [3.8, 4) is 5.75 Å². The van der Waals surface area contributed by atoms with Crippen LogP contribution in [0.15, 0.2) is 52.8 Å². The first-order valence-electron chi connectivity index (χ1n) is 11.0. The highest BCUT2D eigenvalue weighted by Gasteiger charge is 2.30. The van der Waals surface area contributed by atoms with Crippen molar-refractivity contribution in [2.75, 3.05) is 20.2 Å². The second-order valence-corrected chi connectivity index (χ2v) is 9.77. The smallest absolute Gasteiger partial charge is 0.252 e. The van der Waals surface area contributed by atoms with Crippen LogP contribution in [0.2, 0.25) is 0 Å². The molecule has 2 atom stereocenters. The quantitative estimate of drug-likeness (QED) is 0.665. The van der Waals surface area contributed by atoms with E-state index in [1.54, 1.807) is 13.2 Å². The molecule has 166 valence electrons. The molecule has 1 aromatic rings. The Balaban J connectivity index is 0.000000491. The van der Waals surface area contributed by atoms with Gasteiger partial charge in [0, 0.05) is 25.0 Å². The number of carbonyl (C=O) groups is 1. The Morgan fingerprint density at radius 1 is 1.35 bits per heavy atom. The molecule has 4 rings (SSSR count). The Morgan fingerprint density at radius 3 is 2.74 bits per heavy atom. The summed E-state index contributed by atoms with van der Waals surface area (Å²) in [5.74, 6) is 1.78. The number of nitrogens with one attached hydrogen (secondary N) is 1. The molecule has 31 heavy (non-hydrogen) atoms. The van der Waals surface area contributed by atoms with Crippen molar-refractivity contribution in [1.29, 1.82) is 0 Å². The molecule has 0 radical (unpaired) electrons. The van der Waals surface area contributed by atoms with E-state index in [0.717, 1.165) is 53.3 Å². The van der Waals surface area contributed by atoms with Gasteiger partial charge in [0.15, 0.2) is 0 Å². The van der Waals surface area contributed by atoms with Crippen LogP contribution in [0.5, 0.6) is 5.75 Å². The van der Waals surface area contributed by atoms with E-state index in [0.29, 0.717) is 8.58 Å². The zero-order chi connectivity index (χ0) is 22.4. The average molecular weight is 440 g/mol. The van der Waals surface area contributed by atoms with Crippen LogP contribution in [0.3, 0.4) is 0 Å². The van der Waals surface area contributed by atoms with Gasteiger partial charge in [-0.25, -0.2) is 0 Å². The second kappa shape index (κ2) is 10.9. The highest BCUT2D eigenvalue weighted by atomic mass is 31.1. The van der Waals surface area contributed by atoms with Crippen LogP contribution < -0.4 is 10.1 Å². The first-order valence-corrected chi connectivity index (χ1v) is 12.1. The summed E-state index contributed by atoms with van der Waals surface area (Å²) in [5, 5.41) is 4.38. The Kier molecular flexibility index (Phi) is 8.22. The second-order valence-electron chi connectivity index (χ2n) is 8.36. The van der Waals surface area contributed by atoms with Gasteiger partial charge in [-0.05, 0) is 60.0 Å². The number of aliphatic imine (C=N–C) groups is 1. The van der Waals surface area contributed by atoms with Gasteiger partial charge in [-0.3, -0.25) is 9.79 Å². The number of hydrogen-bond donors (Lipinski definition) is 1. The lowest BCUT2D eigenvalue weighted by Gasteiger charge is -2.33. The summed E-state index contributed by atoms with van der Waals surface area (Å²) in [4.78, 5) is 19.2. The molecule has 0 aromatic heterocycles. The average Bonchev–Trinajstić information content (AvgIpc) is 2.79. The van der Waals surface area contributed by atoms with Gasteiger partial charge in [0.25, 0.3) is 5.91 Å². The summed E-state index contributed by atoms with van der Waals surface area (Å²) < 4.78 is 5.33. The van der Waals surface area contributed by atoms with Crippen LogP contribution in [0.25, 0.3) is 5.31 Å². The molecule has 0 bridgehead atoms. The maximum absolute atomic E-state index is 12.7. The molecule has 0 fully saturated rings. The first-order chi connectivity index (χ1) is 14.9. The number of rotatable bonds is 4. The Hall–Kier alpha value is -2.23. The molecule has 0 spiro atoms. The molecule has 3 aliphatic heterocycles. The summed E-state index contributed by atoms with van der Waals surface area (Å²) in [6.07, 6.45) is 10.0. The number of benzene rings is 1. The summed E-state index contributed by atoms with van der Waals surface area (Å²) in [6.45, 7) is 10.5. The van der Waals surface area contributed by atoms with E-state index >= 15 is 0 Å². The van der Waals surface area contributed by atoms with Crippen molar-refractivity contribution >= 4 is 26.0 Å². The standard InChI is InChI=1S/C20H22N3O2P.C5H12/c1-13-9-15(3-4-17(13)25-2)18-10-19(24)23-12-16(22-11-20(23)26-18)14-5-7-21-8-6-14;1-4-5(2)3/h3-5,9-12,20-21,26H,6-8H2,1-2H3;5H,4H2,1-3H3. The molecule has 1 aromatic carbocycles. The number of allylic oxidation sites excluding steroid dienone is 1. The third-order valence-corrected chi connectivity index (χ3v) is 7.12. The Labute approximate surface area is 188 Å². The maximum atomic E-state index is 12.7. The van der Waals surface area contributed by atoms with E-state index in [1.165, 1.54) is 12.0 Å². The lowest BCUT2D eigenvalue weighted by atomic mass is 10.1. The van der Waals surface area contributed by atoms with Crippen molar-refractivity contribution in [2.45, 2.75) is 46.3 Å². The zero-order valence-corrected chi connectivity index (χ0v) is 20.2. The van der Waals surface area contributed by atoms with E-state index in [-0.39, 0.29) is 11.7 Å². The van der Waals surface area contributed by atoms with Crippen LogP contribution in [-0.2, 0) is 4.79 Å². The maximum Gasteiger partial charge on any atom is 0.252 e. The summed E-state index contributed by atoms with van der Waals surface area (Å²) >= 11 is 0. The van der Waals surface area contributed by atoms with Gasteiger partial charge in [-0.2, -0.15) is 0 Å². The minimum absolute atomic E-state index is 0.0102. The van der Waals surface area contributed by atoms with E-state index in [1.807, 2.05) is 36.4 Å². The number of nitrogens with zero attached hydrogens (tertiary/aromatic N) is 2. The topological polar surface area (TPSA) is 53.9 Å². The van der Waals surface area contributed by atoms with Crippen molar-refractivity contribution < 1.29 is 9.53 Å². The van der Waals surface area contributed by atoms with Crippen LogP contribution in [-0.4, -0.2) is 43.0 Å². The normalized spacial score (nSPS) is 21.1. The van der Waals surface area contributed by atoms with Gasteiger partial charge >= 0.3 is 0 Å². The largest absolute Gasteiger partial charge is 0.496 e. The third-order valence-electron chi connectivity index (χ3n) is 5.66. The fourth-order valence-electron chi connectivity index (χ4n) is 3.41. The minimum Gasteiger partial charge on any atom is -0.496 e. The van der Waals surface area contributed by atoms with Crippen LogP contribution >= 0.6 is 8.58 Å². The molecule has 6 heteroatoms. The first kappa shape index (κ1) is 23.4. The molecule has 5 nitrogen and oxygen atoms in total. The Bertz CT molecular complexity index is 931. The molecule has 0 saturated heterocycles. The number of carbonyl (C=O) groups excluding carboxylic acids is 1. The van der Waals surface area contributed by atoms with E-state index < -0.39 is 0 Å². The molecule has 0 saturated carbocycles. The van der Waals surface area contributed by atoms with Crippen LogP contribution in [0.1, 0.15) is 44.7 Å². The van der Waals surface area contributed by atoms with Crippen molar-refractivity contribution in [3.05, 3.63) is 58.9 Å². The monoisotopic (exact) mass is 439 g/mol. The molecule has 2 unspecified atom stereocenters. The van der Waals surface area contributed by atoms with Crippen LogP contribution in [0, 0.1) is 12.8 Å². The van der Waals surface area contributed by atoms with Crippen molar-refractivity contribution in [2.24, 2.45) is 10.9 Å². The summed E-state index contributed by atoms with van der Waals surface area (Å²) in [7, 11) is 2.15. The van der Waals surface area contributed by atoms with Gasteiger partial charge in [-0.1, -0.05) is 47.9 Å². The fraction of sp³-hybridized carbons (Fsp3) is 0.440. The Morgan fingerprint density at radius 2 is 2.13 bits per heavy atom. The summed E-state index contributed by atoms with van der Waals surface area (Å²) in [5.41, 5.74) is 4.29. The van der Waals surface area contributed by atoms with Gasteiger partial charge in [0.05, 0.1) is 18.6 Å². The van der Waals surface area contributed by atoms with E-state index in [2.05, 4.69) is 43.2 Å². The SMILES string of the molecule is CCC(C)C.COc1ccc(C2=CC(=O)N3C=C(C4=CCNCC4)N=CC3P2)cc1C. The lowest BCUT2D eigenvalue weighted by Crippen LogP contribution is -2.38. The summed E-state index contributed by atoms with van der Waals surface area (Å²) in [6, 6.07) is 6.07. The number of hydrogen-bond acceptors (Lipinski definition) is 4. The molecule has 3 aliphatic rings. The molecule has 0 aliphatic carbocycles. The van der Waals surface area contributed by atoms with E-state index in [4.69, 9.17) is 4.74 Å². The molecule has 1 amide bonds. The number of methoxy groups -OCH3 is 1. The van der Waals surface area contributed by atoms with E-state index in [9.17, 15) is 4.79 Å². The van der Waals surface area contributed by atoms with Crippen molar-refractivity contribution in [3.63, 3.8) is 0 Å². The molecular weight excluding hydrogens is 405 g/mol. The third kappa shape index (κ3) is 5.93. The fourth-order valence-corrected chi connectivity index (χ4v) is 4.75. The van der Waals surface area contributed by atoms with Gasteiger partial charge < -0.3 is 15.0 Å². The number of aryl methyl sites for hydroxylation is 1. The highest BCUT2D eigenvalue weighted by molar-refractivity contribution is 7.52.